The van der Waals surface area contributed by atoms with Crippen molar-refractivity contribution in [3.63, 3.8) is 0 Å². The number of hydrogen-bond acceptors (Lipinski definition) is 9. The summed E-state index contributed by atoms with van der Waals surface area (Å²) in [5, 5.41) is 3.15. The van der Waals surface area contributed by atoms with Gasteiger partial charge in [-0.25, -0.2) is 4.79 Å². The fourth-order valence-electron chi connectivity index (χ4n) is 2.43. The smallest absolute Gasteiger partial charge is 0.410 e. The number of nitrogens with zero attached hydrogens (tertiary/aromatic N) is 3. The van der Waals surface area contributed by atoms with Crippen LogP contribution in [-0.2, 0) is 27.4 Å². The Bertz CT molecular complexity index is 730. The van der Waals surface area contributed by atoms with Gasteiger partial charge in [0.05, 0.1) is 59.3 Å². The van der Waals surface area contributed by atoms with E-state index in [9.17, 15) is 4.79 Å². The summed E-state index contributed by atoms with van der Waals surface area (Å²) in [6.07, 6.45) is 3.93. The van der Waals surface area contributed by atoms with E-state index in [1.54, 1.807) is 39.3 Å². The SMILES string of the molecule is CC(C)(C)OC(=O)N1CC(OCc2cncs2)C1.Cl.c1ncc(COC2CNC2)s1. The largest absolute Gasteiger partial charge is 0.444 e. The zero-order valence-corrected chi connectivity index (χ0v) is 19.9. The molecule has 0 bridgehead atoms. The maximum Gasteiger partial charge on any atom is 0.410 e. The molecule has 11 heteroatoms. The van der Waals surface area contributed by atoms with E-state index in [2.05, 4.69) is 15.3 Å². The normalized spacial score (nSPS) is 16.6. The van der Waals surface area contributed by atoms with Crippen LogP contribution in [0.15, 0.2) is 23.4 Å². The van der Waals surface area contributed by atoms with Crippen LogP contribution in [0.4, 0.5) is 4.79 Å². The number of nitrogens with one attached hydrogen (secondary N) is 1. The highest BCUT2D eigenvalue weighted by Crippen LogP contribution is 2.19. The van der Waals surface area contributed by atoms with Gasteiger partial charge in [0.2, 0.25) is 0 Å². The molecule has 0 aromatic carbocycles. The number of carbonyl (C=O) groups is 1. The van der Waals surface area contributed by atoms with Crippen LogP contribution in [0.25, 0.3) is 0 Å². The summed E-state index contributed by atoms with van der Waals surface area (Å²) < 4.78 is 16.4. The topological polar surface area (TPSA) is 85.8 Å². The van der Waals surface area contributed by atoms with Crippen LogP contribution in [0.2, 0.25) is 0 Å². The van der Waals surface area contributed by atoms with Gasteiger partial charge in [-0.05, 0) is 20.8 Å². The Morgan fingerprint density at radius 2 is 1.60 bits per heavy atom. The molecule has 2 aliphatic heterocycles. The van der Waals surface area contributed by atoms with Gasteiger partial charge in [-0.15, -0.1) is 35.1 Å². The highest BCUT2D eigenvalue weighted by Gasteiger charge is 2.34. The minimum Gasteiger partial charge on any atom is -0.444 e. The lowest BCUT2D eigenvalue weighted by atomic mass is 10.2. The number of carbonyl (C=O) groups excluding carboxylic acids is 1. The fraction of sp³-hybridized carbons (Fsp3) is 0.632. The molecule has 1 amide bonds. The van der Waals surface area contributed by atoms with E-state index >= 15 is 0 Å². The van der Waals surface area contributed by atoms with Crippen molar-refractivity contribution in [2.24, 2.45) is 0 Å². The van der Waals surface area contributed by atoms with Crippen LogP contribution in [0, 0.1) is 0 Å². The van der Waals surface area contributed by atoms with E-state index in [0.29, 0.717) is 25.8 Å². The molecule has 2 fully saturated rings. The number of amides is 1. The summed E-state index contributed by atoms with van der Waals surface area (Å²) >= 11 is 3.22. The lowest BCUT2D eigenvalue weighted by Gasteiger charge is -2.39. The lowest BCUT2D eigenvalue weighted by molar-refractivity contribution is -0.0685. The van der Waals surface area contributed by atoms with Crippen molar-refractivity contribution >= 4 is 41.2 Å². The first-order valence-electron chi connectivity index (χ1n) is 9.55. The van der Waals surface area contributed by atoms with Gasteiger partial charge in [-0.2, -0.15) is 0 Å². The number of likely N-dealkylation sites (tertiary alicyclic amines) is 1. The average molecular weight is 477 g/mol. The zero-order chi connectivity index (χ0) is 20.7. The van der Waals surface area contributed by atoms with Crippen molar-refractivity contribution in [1.29, 1.82) is 0 Å². The Kier molecular flexibility index (Phi) is 9.92. The van der Waals surface area contributed by atoms with Crippen molar-refractivity contribution in [3.05, 3.63) is 33.2 Å². The number of rotatable bonds is 6. The van der Waals surface area contributed by atoms with Crippen molar-refractivity contribution in [2.45, 2.75) is 51.8 Å². The molecule has 2 aromatic heterocycles. The van der Waals surface area contributed by atoms with Gasteiger partial charge in [-0.1, -0.05) is 0 Å². The lowest BCUT2D eigenvalue weighted by Crippen LogP contribution is -2.55. The van der Waals surface area contributed by atoms with E-state index in [1.807, 2.05) is 32.5 Å². The molecule has 168 valence electrons. The van der Waals surface area contributed by atoms with Crippen LogP contribution in [0.3, 0.4) is 0 Å². The standard InChI is InChI=1S/C12H18N2O3S.C7H10N2OS.ClH/c1-12(2,3)17-11(15)14-5-9(6-14)16-7-10-4-13-8-18-10;1-6(2-8-1)10-4-7-3-9-5-11-7;/h4,8-9H,5-7H2,1-3H3;3,5-6,8H,1-2,4H2;1H. The number of halogens is 1. The first kappa shape index (κ1) is 25.0. The summed E-state index contributed by atoms with van der Waals surface area (Å²) in [4.78, 5) is 23.6. The monoisotopic (exact) mass is 476 g/mol. The van der Waals surface area contributed by atoms with Crippen molar-refractivity contribution in [2.75, 3.05) is 26.2 Å². The zero-order valence-electron chi connectivity index (χ0n) is 17.4. The summed E-state index contributed by atoms with van der Waals surface area (Å²) in [5.74, 6) is 0. The van der Waals surface area contributed by atoms with Crippen LogP contribution in [0.1, 0.15) is 30.5 Å². The number of hydrogen-bond donors (Lipinski definition) is 1. The van der Waals surface area contributed by atoms with Gasteiger partial charge in [0.25, 0.3) is 0 Å². The van der Waals surface area contributed by atoms with Crippen LogP contribution >= 0.6 is 35.1 Å². The average Bonchev–Trinajstić information content (AvgIpc) is 3.24. The van der Waals surface area contributed by atoms with E-state index in [1.165, 1.54) is 4.88 Å². The van der Waals surface area contributed by atoms with Gasteiger partial charge in [0, 0.05) is 25.5 Å². The van der Waals surface area contributed by atoms with Gasteiger partial charge in [-0.3, -0.25) is 9.97 Å². The second-order valence-corrected chi connectivity index (χ2v) is 9.79. The highest BCUT2D eigenvalue weighted by atomic mass is 35.5. The second kappa shape index (κ2) is 11.9. The Balaban J connectivity index is 0.000000229. The van der Waals surface area contributed by atoms with Crippen LogP contribution < -0.4 is 5.32 Å². The number of thiazole rings is 2. The minimum absolute atomic E-state index is 0. The third kappa shape index (κ3) is 8.44. The predicted octanol–water partition coefficient (Wildman–Crippen LogP) is 3.33. The molecule has 2 saturated heterocycles. The predicted molar refractivity (Wildman–Crippen MR) is 119 cm³/mol. The van der Waals surface area contributed by atoms with Crippen LogP contribution in [0.5, 0.6) is 0 Å². The Morgan fingerprint density at radius 3 is 2.00 bits per heavy atom. The Hall–Kier alpha value is -1.30. The molecule has 0 unspecified atom stereocenters. The van der Waals surface area contributed by atoms with E-state index in [4.69, 9.17) is 14.2 Å². The number of ether oxygens (including phenoxy) is 3. The molecule has 0 radical (unpaired) electrons. The second-order valence-electron chi connectivity index (χ2n) is 7.85. The Labute approximate surface area is 191 Å². The molecule has 2 aromatic rings. The van der Waals surface area contributed by atoms with E-state index in [0.717, 1.165) is 24.6 Å². The van der Waals surface area contributed by atoms with Crippen molar-refractivity contribution in [3.8, 4) is 0 Å². The first-order valence-corrected chi connectivity index (χ1v) is 11.3. The Morgan fingerprint density at radius 1 is 1.07 bits per heavy atom. The highest BCUT2D eigenvalue weighted by molar-refractivity contribution is 7.09. The first-order chi connectivity index (χ1) is 13.9. The molecule has 4 rings (SSSR count). The van der Waals surface area contributed by atoms with Gasteiger partial charge in [0.1, 0.15) is 5.60 Å². The molecule has 30 heavy (non-hydrogen) atoms. The molecule has 4 heterocycles. The van der Waals surface area contributed by atoms with Crippen LogP contribution in [-0.4, -0.2) is 64.9 Å². The summed E-state index contributed by atoms with van der Waals surface area (Å²) in [6, 6.07) is 0. The molecule has 8 nitrogen and oxygen atoms in total. The summed E-state index contributed by atoms with van der Waals surface area (Å²) in [5.41, 5.74) is 3.18. The molecule has 0 aliphatic carbocycles. The molecule has 0 saturated carbocycles. The third-order valence-corrected chi connectivity index (χ3v) is 5.64. The van der Waals surface area contributed by atoms with Gasteiger partial charge >= 0.3 is 6.09 Å². The molecule has 1 N–H and O–H groups in total. The van der Waals surface area contributed by atoms with Crippen molar-refractivity contribution in [1.82, 2.24) is 20.2 Å². The molecule has 0 spiro atoms. The summed E-state index contributed by atoms with van der Waals surface area (Å²) in [6.45, 7) is 10.1. The van der Waals surface area contributed by atoms with E-state index < -0.39 is 5.60 Å². The maximum atomic E-state index is 11.7. The summed E-state index contributed by atoms with van der Waals surface area (Å²) in [7, 11) is 0. The quantitative estimate of drug-likeness (QED) is 0.684. The molecule has 0 atom stereocenters. The van der Waals surface area contributed by atoms with Crippen molar-refractivity contribution < 1.29 is 19.0 Å². The molecular weight excluding hydrogens is 448 g/mol. The van der Waals surface area contributed by atoms with E-state index in [-0.39, 0.29) is 24.6 Å². The number of aromatic nitrogens is 2. The van der Waals surface area contributed by atoms with Gasteiger partial charge in [0.15, 0.2) is 0 Å². The molecular formula is C19H29ClN4O4S2. The van der Waals surface area contributed by atoms with Gasteiger partial charge < -0.3 is 24.4 Å². The molecule has 2 aliphatic rings. The maximum absolute atomic E-state index is 11.7. The minimum atomic E-state index is -0.439. The third-order valence-electron chi connectivity index (χ3n) is 4.13. The fourth-order valence-corrected chi connectivity index (χ4v) is 3.46.